The number of piperidine rings is 1. The Labute approximate surface area is 320 Å². The number of anilines is 3. The van der Waals surface area contributed by atoms with Gasteiger partial charge < -0.3 is 54.0 Å². The maximum Gasteiger partial charge on any atom is 0.410 e. The summed E-state index contributed by atoms with van der Waals surface area (Å²) in [6.07, 6.45) is 0.720. The molecule has 1 saturated heterocycles. The molecule has 17 heteroatoms. The first-order valence-electron chi connectivity index (χ1n) is 18.4. The molecule has 0 aliphatic carbocycles. The van der Waals surface area contributed by atoms with Crippen molar-refractivity contribution in [2.24, 2.45) is 5.92 Å². The molecule has 3 aromatic rings. The first-order valence-corrected chi connectivity index (χ1v) is 18.4. The third-order valence-electron chi connectivity index (χ3n) is 8.42. The zero-order chi connectivity index (χ0) is 39.2. The molecule has 1 fully saturated rings. The van der Waals surface area contributed by atoms with Crippen LogP contribution < -0.4 is 30.2 Å². The van der Waals surface area contributed by atoms with Crippen molar-refractivity contribution < 1.29 is 47.5 Å². The Morgan fingerprint density at radius 1 is 0.945 bits per heavy atom. The SMILES string of the molecule is CCOc1nc2nc(n1)Nc1ccc(C(=O)NC(C(=O)OC)C3CCCN(C(=O)OC(C)(C)C)C3)c(c1)OCCOCCOCCOc1ccc(cc1)CN2. The highest BCUT2D eigenvalue weighted by molar-refractivity contribution is 5.99. The van der Waals surface area contributed by atoms with E-state index >= 15 is 0 Å². The second-order valence-electron chi connectivity index (χ2n) is 13.8. The molecule has 0 spiro atoms. The maximum atomic E-state index is 14.0. The predicted octanol–water partition coefficient (Wildman–Crippen LogP) is 4.35. The van der Waals surface area contributed by atoms with Gasteiger partial charge in [0, 0.05) is 37.3 Å². The van der Waals surface area contributed by atoms with Crippen LogP contribution in [0.5, 0.6) is 17.5 Å². The van der Waals surface area contributed by atoms with Gasteiger partial charge >= 0.3 is 18.1 Å². The van der Waals surface area contributed by atoms with Crippen molar-refractivity contribution in [3.05, 3.63) is 53.6 Å². The summed E-state index contributed by atoms with van der Waals surface area (Å²) in [5, 5.41) is 9.22. The lowest BCUT2D eigenvalue weighted by Crippen LogP contribution is -2.53. The van der Waals surface area contributed by atoms with Crippen LogP contribution in [-0.2, 0) is 30.3 Å². The molecule has 6 rings (SSSR count). The molecule has 2 atom stereocenters. The topological polar surface area (TPSA) is 194 Å². The number of carbonyl (C=O) groups is 3. The van der Waals surface area contributed by atoms with Gasteiger partial charge in [-0.25, -0.2) is 9.59 Å². The van der Waals surface area contributed by atoms with Gasteiger partial charge in [0.2, 0.25) is 11.9 Å². The van der Waals surface area contributed by atoms with E-state index in [1.807, 2.05) is 31.2 Å². The molecule has 17 nitrogen and oxygen atoms in total. The molecule has 55 heavy (non-hydrogen) atoms. The second kappa shape index (κ2) is 19.8. The smallest absolute Gasteiger partial charge is 0.410 e. The van der Waals surface area contributed by atoms with E-state index in [2.05, 4.69) is 30.9 Å². The highest BCUT2D eigenvalue weighted by Crippen LogP contribution is 2.28. The Bertz CT molecular complexity index is 1740. The van der Waals surface area contributed by atoms with Crippen LogP contribution in [0.1, 0.15) is 56.5 Å². The van der Waals surface area contributed by atoms with Crippen molar-refractivity contribution >= 4 is 35.6 Å². The first-order chi connectivity index (χ1) is 26.5. The van der Waals surface area contributed by atoms with E-state index in [-0.39, 0.29) is 49.0 Å². The molecule has 3 aliphatic rings. The average Bonchev–Trinajstić information content (AvgIpc) is 3.16. The Kier molecular flexibility index (Phi) is 14.7. The van der Waals surface area contributed by atoms with Crippen molar-refractivity contribution in [3.63, 3.8) is 0 Å². The normalized spacial score (nSPS) is 17.5. The molecule has 0 saturated carbocycles. The molecule has 298 valence electrons. The van der Waals surface area contributed by atoms with E-state index < -0.39 is 35.5 Å². The van der Waals surface area contributed by atoms with Crippen LogP contribution in [0.25, 0.3) is 0 Å². The molecular weight excluding hydrogens is 714 g/mol. The zero-order valence-electron chi connectivity index (χ0n) is 32.1. The molecule has 3 aliphatic heterocycles. The second-order valence-corrected chi connectivity index (χ2v) is 13.8. The van der Waals surface area contributed by atoms with Gasteiger partial charge in [-0.05, 0) is 70.4 Å². The molecule has 2 unspecified atom stereocenters. The summed E-state index contributed by atoms with van der Waals surface area (Å²) in [7, 11) is 1.26. The molecule has 2 amide bonds. The molecule has 3 N–H and O–H groups in total. The summed E-state index contributed by atoms with van der Waals surface area (Å²) in [6.45, 7) is 10.4. The maximum absolute atomic E-state index is 14.0. The van der Waals surface area contributed by atoms with Crippen LogP contribution in [0.15, 0.2) is 42.5 Å². The summed E-state index contributed by atoms with van der Waals surface area (Å²) in [4.78, 5) is 54.8. The van der Waals surface area contributed by atoms with Crippen LogP contribution in [-0.4, -0.2) is 116 Å². The molecule has 6 bridgehead atoms. The highest BCUT2D eigenvalue weighted by atomic mass is 16.6. The zero-order valence-corrected chi connectivity index (χ0v) is 32.1. The number of hydrogen-bond donors (Lipinski definition) is 3. The molecular formula is C38H51N7O10. The summed E-state index contributed by atoms with van der Waals surface area (Å²) in [6, 6.07) is 11.6. The number of nitrogens with one attached hydrogen (secondary N) is 3. The first kappa shape index (κ1) is 40.8. The Hall–Kier alpha value is -5.42. The summed E-state index contributed by atoms with van der Waals surface area (Å²) < 4.78 is 39.5. The molecule has 1 aromatic heterocycles. The minimum atomic E-state index is -1.04. The third kappa shape index (κ3) is 12.6. The summed E-state index contributed by atoms with van der Waals surface area (Å²) >= 11 is 0. The van der Waals surface area contributed by atoms with Crippen molar-refractivity contribution in [2.45, 2.75) is 58.7 Å². The van der Waals surface area contributed by atoms with Crippen molar-refractivity contribution in [1.82, 2.24) is 25.2 Å². The van der Waals surface area contributed by atoms with Crippen molar-refractivity contribution in [2.75, 3.05) is 77.1 Å². The number of benzene rings is 2. The fraction of sp³-hybridized carbons (Fsp3) is 0.526. The molecule has 0 radical (unpaired) electrons. The van der Waals surface area contributed by atoms with Gasteiger partial charge in [0.25, 0.3) is 5.91 Å². The van der Waals surface area contributed by atoms with Crippen LogP contribution in [0.4, 0.5) is 22.4 Å². The van der Waals surface area contributed by atoms with E-state index in [4.69, 9.17) is 33.2 Å². The standard InChI is InChI=1S/C38H51N7O10/c1-6-52-36-43-34-39-23-25-9-12-28(13-10-25)53-20-18-50-16-17-51-19-21-54-30-22-27(40-35(42-34)44-36)11-14-29(30)32(46)41-31(33(47)49-5)26-8-7-15-45(24-26)37(48)55-38(2,3)4/h9-14,22,26,31H,6-8,15-21,23-24H2,1-5H3,(H,41,46)(H2,39,40,42,43,44). The van der Waals surface area contributed by atoms with Crippen molar-refractivity contribution in [1.29, 1.82) is 0 Å². The average molecular weight is 766 g/mol. The lowest BCUT2D eigenvalue weighted by Gasteiger charge is -2.36. The number of nitrogens with zero attached hydrogens (tertiary/aromatic N) is 4. The molecule has 4 heterocycles. The largest absolute Gasteiger partial charge is 0.491 e. The van der Waals surface area contributed by atoms with Crippen LogP contribution in [0, 0.1) is 5.92 Å². The third-order valence-corrected chi connectivity index (χ3v) is 8.42. The van der Waals surface area contributed by atoms with E-state index in [1.165, 1.54) is 7.11 Å². The summed E-state index contributed by atoms with van der Waals surface area (Å²) in [5.41, 5.74) is 0.950. The number of likely N-dealkylation sites (tertiary alicyclic amines) is 1. The van der Waals surface area contributed by atoms with Crippen molar-refractivity contribution in [3.8, 4) is 17.5 Å². The van der Waals surface area contributed by atoms with Gasteiger partial charge in [-0.1, -0.05) is 12.1 Å². The number of carbonyl (C=O) groups excluding carboxylic acids is 3. The van der Waals surface area contributed by atoms with Gasteiger partial charge in [0.1, 0.15) is 36.4 Å². The number of rotatable bonds is 6. The number of ether oxygens (including phenoxy) is 7. The minimum absolute atomic E-state index is 0.102. The highest BCUT2D eigenvalue weighted by Gasteiger charge is 2.37. The number of methoxy groups -OCH3 is 1. The number of esters is 1. The van der Waals surface area contributed by atoms with Gasteiger partial charge in [0.15, 0.2) is 0 Å². The van der Waals surface area contributed by atoms with Gasteiger partial charge in [0.05, 0.1) is 45.7 Å². The predicted molar refractivity (Wildman–Crippen MR) is 201 cm³/mol. The lowest BCUT2D eigenvalue weighted by molar-refractivity contribution is -0.145. The number of amides is 2. The van der Waals surface area contributed by atoms with Crippen LogP contribution in [0.3, 0.4) is 0 Å². The van der Waals surface area contributed by atoms with E-state index in [0.717, 1.165) is 11.3 Å². The van der Waals surface area contributed by atoms with Gasteiger partial charge in [-0.3, -0.25) is 4.79 Å². The Balaban J connectivity index is 1.38. The minimum Gasteiger partial charge on any atom is -0.491 e. The number of fused-ring (bicyclic) bond motifs is 12. The van der Waals surface area contributed by atoms with Crippen LogP contribution in [0.2, 0.25) is 0 Å². The monoisotopic (exact) mass is 765 g/mol. The van der Waals surface area contributed by atoms with E-state index in [1.54, 1.807) is 43.9 Å². The van der Waals surface area contributed by atoms with Crippen LogP contribution >= 0.6 is 0 Å². The van der Waals surface area contributed by atoms with Gasteiger partial charge in [-0.2, -0.15) is 15.0 Å². The molecule has 2 aromatic carbocycles. The number of hydrogen-bond acceptors (Lipinski definition) is 15. The fourth-order valence-electron chi connectivity index (χ4n) is 5.85. The van der Waals surface area contributed by atoms with E-state index in [9.17, 15) is 14.4 Å². The number of aromatic nitrogens is 3. The quantitative estimate of drug-likeness (QED) is 0.237. The summed E-state index contributed by atoms with van der Waals surface area (Å²) in [5.74, 6) is -0.224. The van der Waals surface area contributed by atoms with E-state index in [0.29, 0.717) is 64.7 Å². The Morgan fingerprint density at radius 2 is 1.65 bits per heavy atom. The Morgan fingerprint density at radius 3 is 2.36 bits per heavy atom. The van der Waals surface area contributed by atoms with Gasteiger partial charge in [-0.15, -0.1) is 0 Å². The lowest BCUT2D eigenvalue weighted by atomic mass is 9.90. The fourth-order valence-corrected chi connectivity index (χ4v) is 5.85.